The summed E-state index contributed by atoms with van der Waals surface area (Å²) in [4.78, 5) is 0.873. The first-order valence-corrected chi connectivity index (χ1v) is 5.36. The number of halogens is 2. The average molecular weight is 230 g/mol. The van der Waals surface area contributed by atoms with E-state index in [1.54, 1.807) is 0 Å². The average Bonchev–Trinajstić information content (AvgIpc) is 2.57. The summed E-state index contributed by atoms with van der Waals surface area (Å²) in [6.07, 6.45) is -2.39. The molecule has 0 nitrogen and oxygen atoms in total. The third kappa shape index (κ3) is 1.53. The Morgan fingerprint density at radius 1 is 1.36 bits per heavy atom. The first-order chi connectivity index (χ1) is 6.59. The molecule has 0 unspecified atom stereocenters. The number of thiol groups is 1. The Hall–Kier alpha value is -0.610. The Bertz CT molecular complexity index is 435. The molecular formula is C10H8F2S2. The molecule has 0 atom stereocenters. The molecule has 0 saturated carbocycles. The summed E-state index contributed by atoms with van der Waals surface area (Å²) in [5.41, 5.74) is 1.02. The molecule has 2 rings (SSSR count). The number of alkyl halides is 2. The first kappa shape index (κ1) is 9.93. The molecule has 0 saturated heterocycles. The van der Waals surface area contributed by atoms with Crippen molar-refractivity contribution in [2.45, 2.75) is 18.2 Å². The smallest absolute Gasteiger partial charge is 0.204 e. The minimum absolute atomic E-state index is 0.115. The molecule has 1 heterocycles. The molecule has 1 aromatic heterocycles. The lowest BCUT2D eigenvalue weighted by atomic mass is 10.2. The van der Waals surface area contributed by atoms with E-state index in [1.807, 2.05) is 19.1 Å². The highest BCUT2D eigenvalue weighted by Crippen LogP contribution is 2.36. The fraction of sp³-hybridized carbons (Fsp3) is 0.200. The van der Waals surface area contributed by atoms with Gasteiger partial charge in [0.2, 0.25) is 0 Å². The monoisotopic (exact) mass is 230 g/mol. The zero-order chi connectivity index (χ0) is 10.3. The maximum absolute atomic E-state index is 12.5. The molecule has 2 aromatic rings. The molecule has 0 aliphatic heterocycles. The van der Waals surface area contributed by atoms with E-state index in [4.69, 9.17) is 0 Å². The van der Waals surface area contributed by atoms with Crippen molar-refractivity contribution in [3.8, 4) is 0 Å². The Morgan fingerprint density at radius 2 is 2.07 bits per heavy atom. The normalized spacial score (nSPS) is 11.5. The van der Waals surface area contributed by atoms with Crippen LogP contribution in [0.1, 0.15) is 16.9 Å². The quantitative estimate of drug-likeness (QED) is 0.688. The summed E-state index contributed by atoms with van der Waals surface area (Å²) < 4.78 is 25.8. The van der Waals surface area contributed by atoms with Crippen LogP contribution in [0, 0.1) is 6.92 Å². The standard InChI is InChI=1S/C10H8F2S2/c1-5-2-3-7(13)6-4-8(10(11)12)14-9(5)6/h2-4,10,13H,1H3. The van der Waals surface area contributed by atoms with Crippen molar-refractivity contribution in [3.63, 3.8) is 0 Å². The minimum Gasteiger partial charge on any atom is -0.204 e. The molecule has 0 radical (unpaired) electrons. The fourth-order valence-electron chi connectivity index (χ4n) is 1.37. The van der Waals surface area contributed by atoms with Crippen molar-refractivity contribution in [1.29, 1.82) is 0 Å². The van der Waals surface area contributed by atoms with Crippen molar-refractivity contribution < 1.29 is 8.78 Å². The van der Waals surface area contributed by atoms with Crippen LogP contribution in [0.2, 0.25) is 0 Å². The largest absolute Gasteiger partial charge is 0.272 e. The molecule has 74 valence electrons. The van der Waals surface area contributed by atoms with Gasteiger partial charge in [0.25, 0.3) is 6.43 Å². The molecule has 0 aliphatic carbocycles. The highest BCUT2D eigenvalue weighted by atomic mass is 32.1. The molecule has 0 bridgehead atoms. The van der Waals surface area contributed by atoms with Gasteiger partial charge in [0.05, 0.1) is 4.88 Å². The Labute approximate surface area is 90.0 Å². The second-order valence-electron chi connectivity index (χ2n) is 3.09. The van der Waals surface area contributed by atoms with Crippen LogP contribution in [0.3, 0.4) is 0 Å². The molecule has 4 heteroatoms. The van der Waals surface area contributed by atoms with Crippen molar-refractivity contribution in [2.75, 3.05) is 0 Å². The maximum Gasteiger partial charge on any atom is 0.272 e. The lowest BCUT2D eigenvalue weighted by molar-refractivity contribution is 0.156. The predicted molar refractivity (Wildman–Crippen MR) is 58.8 cm³/mol. The van der Waals surface area contributed by atoms with Gasteiger partial charge in [0.15, 0.2) is 0 Å². The van der Waals surface area contributed by atoms with Gasteiger partial charge in [-0.1, -0.05) is 6.07 Å². The summed E-state index contributed by atoms with van der Waals surface area (Å²) in [7, 11) is 0. The zero-order valence-corrected chi connectivity index (χ0v) is 9.13. The van der Waals surface area contributed by atoms with Gasteiger partial charge in [0, 0.05) is 15.0 Å². The van der Waals surface area contributed by atoms with Gasteiger partial charge in [-0.3, -0.25) is 0 Å². The number of benzene rings is 1. The fourth-order valence-corrected chi connectivity index (χ4v) is 2.71. The van der Waals surface area contributed by atoms with E-state index in [0.717, 1.165) is 31.9 Å². The van der Waals surface area contributed by atoms with E-state index in [1.165, 1.54) is 6.07 Å². The van der Waals surface area contributed by atoms with Crippen LogP contribution >= 0.6 is 24.0 Å². The van der Waals surface area contributed by atoms with Gasteiger partial charge in [-0.2, -0.15) is 0 Å². The Kier molecular flexibility index (Phi) is 2.49. The summed E-state index contributed by atoms with van der Waals surface area (Å²) in [5.74, 6) is 0. The number of aryl methyl sites for hydroxylation is 1. The van der Waals surface area contributed by atoms with E-state index in [9.17, 15) is 8.78 Å². The number of thiophene rings is 1. The van der Waals surface area contributed by atoms with Crippen molar-refractivity contribution in [3.05, 3.63) is 28.6 Å². The van der Waals surface area contributed by atoms with Crippen LogP contribution in [-0.2, 0) is 0 Å². The third-order valence-corrected chi connectivity index (χ3v) is 3.76. The summed E-state index contributed by atoms with van der Waals surface area (Å²) in [5, 5.41) is 0.827. The van der Waals surface area contributed by atoms with Gasteiger partial charge in [-0.25, -0.2) is 8.78 Å². The molecule has 0 spiro atoms. The highest BCUT2D eigenvalue weighted by Gasteiger charge is 2.13. The second kappa shape index (κ2) is 3.51. The number of rotatable bonds is 1. The number of fused-ring (bicyclic) bond motifs is 1. The van der Waals surface area contributed by atoms with Gasteiger partial charge in [0.1, 0.15) is 0 Å². The topological polar surface area (TPSA) is 0 Å². The summed E-state index contributed by atoms with van der Waals surface area (Å²) in [6, 6.07) is 5.26. The minimum atomic E-state index is -2.39. The zero-order valence-electron chi connectivity index (χ0n) is 7.42. The van der Waals surface area contributed by atoms with Crippen molar-refractivity contribution in [2.24, 2.45) is 0 Å². The van der Waals surface area contributed by atoms with E-state index in [2.05, 4.69) is 12.6 Å². The molecule has 0 aliphatic rings. The van der Waals surface area contributed by atoms with Crippen molar-refractivity contribution >= 4 is 34.1 Å². The lowest BCUT2D eigenvalue weighted by Gasteiger charge is -1.97. The third-order valence-electron chi connectivity index (χ3n) is 2.09. The van der Waals surface area contributed by atoms with E-state index < -0.39 is 6.43 Å². The van der Waals surface area contributed by atoms with Crippen LogP contribution in [-0.4, -0.2) is 0 Å². The molecule has 14 heavy (non-hydrogen) atoms. The maximum atomic E-state index is 12.5. The van der Waals surface area contributed by atoms with Crippen LogP contribution in [0.4, 0.5) is 8.78 Å². The SMILES string of the molecule is Cc1ccc(S)c2cc(C(F)F)sc12. The molecule has 0 N–H and O–H groups in total. The molecular weight excluding hydrogens is 222 g/mol. The Balaban J connectivity index is 2.75. The summed E-state index contributed by atoms with van der Waals surface area (Å²) >= 11 is 5.39. The van der Waals surface area contributed by atoms with E-state index >= 15 is 0 Å². The molecule has 0 amide bonds. The first-order valence-electron chi connectivity index (χ1n) is 4.09. The van der Waals surface area contributed by atoms with E-state index in [0.29, 0.717) is 0 Å². The van der Waals surface area contributed by atoms with Gasteiger partial charge >= 0.3 is 0 Å². The van der Waals surface area contributed by atoms with Gasteiger partial charge in [-0.05, 0) is 24.6 Å². The van der Waals surface area contributed by atoms with Crippen LogP contribution in [0.25, 0.3) is 10.1 Å². The number of hydrogen-bond acceptors (Lipinski definition) is 2. The second-order valence-corrected chi connectivity index (χ2v) is 4.66. The lowest BCUT2D eigenvalue weighted by Crippen LogP contribution is -1.73. The van der Waals surface area contributed by atoms with Crippen LogP contribution in [0.15, 0.2) is 23.1 Å². The molecule has 0 fully saturated rings. The number of hydrogen-bond donors (Lipinski definition) is 1. The van der Waals surface area contributed by atoms with Crippen LogP contribution in [0.5, 0.6) is 0 Å². The summed E-state index contributed by atoms with van der Waals surface area (Å²) in [6.45, 7) is 1.92. The van der Waals surface area contributed by atoms with Gasteiger partial charge < -0.3 is 0 Å². The Morgan fingerprint density at radius 3 is 2.64 bits per heavy atom. The van der Waals surface area contributed by atoms with Crippen LogP contribution < -0.4 is 0 Å². The predicted octanol–water partition coefficient (Wildman–Crippen LogP) is 4.44. The van der Waals surface area contributed by atoms with Gasteiger partial charge in [-0.15, -0.1) is 24.0 Å². The molecule has 1 aromatic carbocycles. The van der Waals surface area contributed by atoms with E-state index in [-0.39, 0.29) is 4.88 Å². The van der Waals surface area contributed by atoms with Crippen molar-refractivity contribution in [1.82, 2.24) is 0 Å². The highest BCUT2D eigenvalue weighted by molar-refractivity contribution is 7.80.